The molecule has 2 N–H and O–H groups in total. The molecule has 0 aliphatic carbocycles. The first-order valence-corrected chi connectivity index (χ1v) is 7.38. The Bertz CT molecular complexity index is 670. The molecular formula is C18H20FNO3. The summed E-state index contributed by atoms with van der Waals surface area (Å²) in [5.74, 6) is -0.402. The zero-order chi connectivity index (χ0) is 16.8. The van der Waals surface area contributed by atoms with Gasteiger partial charge in [-0.05, 0) is 41.3 Å². The zero-order valence-corrected chi connectivity index (χ0v) is 13.2. The lowest BCUT2D eigenvalue weighted by Crippen LogP contribution is -2.30. The van der Waals surface area contributed by atoms with Crippen molar-refractivity contribution in [2.45, 2.75) is 6.92 Å². The van der Waals surface area contributed by atoms with E-state index < -0.39 is 11.7 Å². The number of aliphatic hydroxyl groups is 1. The summed E-state index contributed by atoms with van der Waals surface area (Å²) in [6.07, 6.45) is 0. The van der Waals surface area contributed by atoms with Crippen LogP contribution in [0.25, 0.3) is 11.1 Å². The second-order valence-electron chi connectivity index (χ2n) is 5.42. The molecule has 0 aliphatic rings. The molecule has 122 valence electrons. The number of nitrogens with one attached hydrogen (secondary N) is 1. The molecule has 1 atom stereocenters. The fraction of sp³-hybridized carbons (Fsp3) is 0.278. The van der Waals surface area contributed by atoms with Gasteiger partial charge in [0.2, 0.25) is 0 Å². The number of carbonyl (C=O) groups excluding carboxylic acids is 1. The van der Waals surface area contributed by atoms with Gasteiger partial charge in [-0.15, -0.1) is 0 Å². The first-order valence-electron chi connectivity index (χ1n) is 7.38. The predicted molar refractivity (Wildman–Crippen MR) is 87.0 cm³/mol. The third-order valence-corrected chi connectivity index (χ3v) is 3.56. The van der Waals surface area contributed by atoms with Crippen molar-refractivity contribution in [1.82, 2.24) is 5.32 Å². The van der Waals surface area contributed by atoms with Crippen molar-refractivity contribution in [3.63, 3.8) is 0 Å². The normalized spacial score (nSPS) is 11.8. The Hall–Kier alpha value is -2.40. The lowest BCUT2D eigenvalue weighted by Gasteiger charge is -2.11. The maximum absolute atomic E-state index is 14.2. The topological polar surface area (TPSA) is 58.6 Å². The Morgan fingerprint density at radius 3 is 2.43 bits per heavy atom. The molecule has 0 bridgehead atoms. The molecule has 2 rings (SSSR count). The molecule has 0 aromatic heterocycles. The number of amides is 1. The van der Waals surface area contributed by atoms with Gasteiger partial charge in [-0.25, -0.2) is 4.39 Å². The molecule has 0 spiro atoms. The van der Waals surface area contributed by atoms with E-state index >= 15 is 0 Å². The number of hydrogen-bond donors (Lipinski definition) is 2. The molecule has 0 fully saturated rings. The van der Waals surface area contributed by atoms with Gasteiger partial charge in [-0.3, -0.25) is 4.79 Å². The van der Waals surface area contributed by atoms with Gasteiger partial charge in [0.15, 0.2) is 0 Å². The molecule has 1 amide bonds. The monoisotopic (exact) mass is 317 g/mol. The molecule has 0 heterocycles. The smallest absolute Gasteiger partial charge is 0.254 e. The van der Waals surface area contributed by atoms with Crippen molar-refractivity contribution in [2.75, 3.05) is 20.3 Å². The maximum atomic E-state index is 14.2. The van der Waals surface area contributed by atoms with E-state index in [9.17, 15) is 9.18 Å². The minimum atomic E-state index is -0.576. The Kier molecular flexibility index (Phi) is 5.71. The summed E-state index contributed by atoms with van der Waals surface area (Å²) < 4.78 is 19.3. The summed E-state index contributed by atoms with van der Waals surface area (Å²) in [6, 6.07) is 11.8. The van der Waals surface area contributed by atoms with Crippen molar-refractivity contribution in [3.8, 4) is 16.9 Å². The van der Waals surface area contributed by atoms with Crippen molar-refractivity contribution < 1.29 is 19.0 Å². The van der Waals surface area contributed by atoms with E-state index in [0.29, 0.717) is 12.1 Å². The first-order chi connectivity index (χ1) is 11.0. The summed E-state index contributed by atoms with van der Waals surface area (Å²) in [5, 5.41) is 11.5. The Morgan fingerprint density at radius 2 is 1.87 bits per heavy atom. The van der Waals surface area contributed by atoms with Crippen LogP contribution >= 0.6 is 0 Å². The van der Waals surface area contributed by atoms with E-state index in [0.717, 1.165) is 11.3 Å². The van der Waals surface area contributed by atoms with Crippen LogP contribution < -0.4 is 10.1 Å². The number of ether oxygens (including phenoxy) is 1. The van der Waals surface area contributed by atoms with Crippen molar-refractivity contribution in [2.24, 2.45) is 5.92 Å². The van der Waals surface area contributed by atoms with Crippen LogP contribution in [-0.2, 0) is 0 Å². The van der Waals surface area contributed by atoms with E-state index in [1.807, 2.05) is 12.1 Å². The molecule has 4 nitrogen and oxygen atoms in total. The lowest BCUT2D eigenvalue weighted by atomic mass is 10.0. The molecule has 0 radical (unpaired) electrons. The van der Waals surface area contributed by atoms with Crippen LogP contribution in [0.1, 0.15) is 17.3 Å². The molecule has 0 saturated carbocycles. The minimum Gasteiger partial charge on any atom is -0.497 e. The van der Waals surface area contributed by atoms with Gasteiger partial charge >= 0.3 is 0 Å². The molecule has 0 saturated heterocycles. The highest BCUT2D eigenvalue weighted by Crippen LogP contribution is 2.24. The van der Waals surface area contributed by atoms with Crippen LogP contribution in [0.4, 0.5) is 4.39 Å². The van der Waals surface area contributed by atoms with Crippen LogP contribution in [0.15, 0.2) is 42.5 Å². The molecule has 0 aliphatic heterocycles. The number of aliphatic hydroxyl groups excluding tert-OH is 1. The second-order valence-corrected chi connectivity index (χ2v) is 5.42. The number of carbonyl (C=O) groups is 1. The van der Waals surface area contributed by atoms with Crippen LogP contribution in [0.3, 0.4) is 0 Å². The van der Waals surface area contributed by atoms with Crippen LogP contribution in [0.2, 0.25) is 0 Å². The van der Waals surface area contributed by atoms with Crippen LogP contribution in [0, 0.1) is 11.7 Å². The van der Waals surface area contributed by atoms with Gasteiger partial charge in [0.25, 0.3) is 5.91 Å². The van der Waals surface area contributed by atoms with Gasteiger partial charge in [0, 0.05) is 13.2 Å². The largest absolute Gasteiger partial charge is 0.497 e. The number of benzene rings is 2. The molecule has 1 unspecified atom stereocenters. The molecule has 2 aromatic carbocycles. The number of halogens is 1. The van der Waals surface area contributed by atoms with Crippen LogP contribution in [0.5, 0.6) is 5.75 Å². The highest BCUT2D eigenvalue weighted by atomic mass is 19.1. The average Bonchev–Trinajstić information content (AvgIpc) is 2.59. The zero-order valence-electron chi connectivity index (χ0n) is 13.2. The quantitative estimate of drug-likeness (QED) is 0.861. The summed E-state index contributed by atoms with van der Waals surface area (Å²) in [6.45, 7) is 2.07. The maximum Gasteiger partial charge on any atom is 0.254 e. The van der Waals surface area contributed by atoms with Gasteiger partial charge < -0.3 is 15.2 Å². The van der Waals surface area contributed by atoms with Gasteiger partial charge in [0.1, 0.15) is 11.6 Å². The van der Waals surface area contributed by atoms with Crippen molar-refractivity contribution >= 4 is 5.91 Å². The van der Waals surface area contributed by atoms with Crippen molar-refractivity contribution in [1.29, 1.82) is 0 Å². The molecular weight excluding hydrogens is 297 g/mol. The third-order valence-electron chi connectivity index (χ3n) is 3.56. The van der Waals surface area contributed by atoms with E-state index in [4.69, 9.17) is 9.84 Å². The highest BCUT2D eigenvalue weighted by Gasteiger charge is 2.13. The van der Waals surface area contributed by atoms with E-state index in [2.05, 4.69) is 5.32 Å². The Balaban J connectivity index is 2.15. The highest BCUT2D eigenvalue weighted by molar-refractivity contribution is 5.95. The Labute approximate surface area is 134 Å². The van der Waals surface area contributed by atoms with Gasteiger partial charge in [-0.1, -0.05) is 25.1 Å². The first kappa shape index (κ1) is 17.0. The van der Waals surface area contributed by atoms with Gasteiger partial charge in [0.05, 0.1) is 12.7 Å². The summed E-state index contributed by atoms with van der Waals surface area (Å²) in [7, 11) is 1.58. The minimum absolute atomic E-state index is 0.00704. The SMILES string of the molecule is COc1ccc(-c2ccc(C(=O)NCC(C)CO)c(F)c2)cc1. The number of methoxy groups -OCH3 is 1. The molecule has 5 heteroatoms. The summed E-state index contributed by atoms with van der Waals surface area (Å²) in [5.41, 5.74) is 1.52. The summed E-state index contributed by atoms with van der Waals surface area (Å²) >= 11 is 0. The molecule has 23 heavy (non-hydrogen) atoms. The lowest BCUT2D eigenvalue weighted by molar-refractivity contribution is 0.0938. The fourth-order valence-corrected chi connectivity index (χ4v) is 2.09. The van der Waals surface area contributed by atoms with E-state index in [1.165, 1.54) is 12.1 Å². The van der Waals surface area contributed by atoms with E-state index in [-0.39, 0.29) is 18.1 Å². The second kappa shape index (κ2) is 7.74. The fourth-order valence-electron chi connectivity index (χ4n) is 2.09. The average molecular weight is 317 g/mol. The molecule has 2 aromatic rings. The number of rotatable bonds is 6. The van der Waals surface area contributed by atoms with Gasteiger partial charge in [-0.2, -0.15) is 0 Å². The Morgan fingerprint density at radius 1 is 1.22 bits per heavy atom. The standard InChI is InChI=1S/C18H20FNO3/c1-12(11-21)10-20-18(22)16-8-5-14(9-17(16)19)13-3-6-15(23-2)7-4-13/h3-9,12,21H,10-11H2,1-2H3,(H,20,22). The van der Waals surface area contributed by atoms with Crippen LogP contribution in [-0.4, -0.2) is 31.3 Å². The third kappa shape index (κ3) is 4.29. The van der Waals surface area contributed by atoms with E-state index in [1.54, 1.807) is 32.2 Å². The predicted octanol–water partition coefficient (Wildman–Crippen LogP) is 2.86. The number of hydrogen-bond acceptors (Lipinski definition) is 3. The van der Waals surface area contributed by atoms with Crippen molar-refractivity contribution in [3.05, 3.63) is 53.8 Å². The summed E-state index contributed by atoms with van der Waals surface area (Å²) in [4.78, 5) is 12.0.